The number of ketones is 1. The van der Waals surface area contributed by atoms with Gasteiger partial charge in [0.2, 0.25) is 16.9 Å². The molecule has 4 aromatic rings. The highest BCUT2D eigenvalue weighted by molar-refractivity contribution is 6.29. The SMILES string of the molecule is O=C(c1nc(Cl)n2cccc2n1)c1cccc2cccnc12. The van der Waals surface area contributed by atoms with Gasteiger partial charge in [0.05, 0.1) is 11.1 Å². The lowest BCUT2D eigenvalue weighted by atomic mass is 10.1. The average molecular weight is 309 g/mol. The first-order chi connectivity index (χ1) is 10.7. The molecule has 0 amide bonds. The number of hydrogen-bond acceptors (Lipinski definition) is 4. The van der Waals surface area contributed by atoms with Crippen LogP contribution in [0.4, 0.5) is 0 Å². The molecule has 3 aromatic heterocycles. The molecule has 3 heterocycles. The molecule has 22 heavy (non-hydrogen) atoms. The van der Waals surface area contributed by atoms with E-state index in [1.54, 1.807) is 35.0 Å². The zero-order valence-corrected chi connectivity index (χ0v) is 12.0. The van der Waals surface area contributed by atoms with Crippen LogP contribution in [0.2, 0.25) is 5.28 Å². The standard InChI is InChI=1S/C16H9ClN4O/c17-16-20-15(19-12-7-3-9-21(12)16)14(22)11-6-1-4-10-5-2-8-18-13(10)11/h1-9H. The van der Waals surface area contributed by atoms with Crippen LogP contribution in [0.5, 0.6) is 0 Å². The molecule has 0 aliphatic rings. The molecule has 4 rings (SSSR count). The first-order valence-corrected chi connectivity index (χ1v) is 7.01. The Balaban J connectivity index is 1.92. The minimum absolute atomic E-state index is 0.0642. The van der Waals surface area contributed by atoms with Crippen molar-refractivity contribution in [2.75, 3.05) is 0 Å². The van der Waals surface area contributed by atoms with Crippen molar-refractivity contribution in [3.05, 3.63) is 71.5 Å². The first-order valence-electron chi connectivity index (χ1n) is 6.63. The second kappa shape index (κ2) is 4.89. The fourth-order valence-electron chi connectivity index (χ4n) is 2.40. The summed E-state index contributed by atoms with van der Waals surface area (Å²) in [6.45, 7) is 0. The summed E-state index contributed by atoms with van der Waals surface area (Å²) < 4.78 is 1.61. The van der Waals surface area contributed by atoms with Crippen molar-refractivity contribution in [3.63, 3.8) is 0 Å². The van der Waals surface area contributed by atoms with Gasteiger partial charge in [0.15, 0.2) is 0 Å². The summed E-state index contributed by atoms with van der Waals surface area (Å²) in [5.41, 5.74) is 1.67. The van der Waals surface area contributed by atoms with E-state index in [0.29, 0.717) is 16.7 Å². The number of benzene rings is 1. The van der Waals surface area contributed by atoms with Crippen LogP contribution in [0.1, 0.15) is 16.2 Å². The quantitative estimate of drug-likeness (QED) is 0.534. The maximum Gasteiger partial charge on any atom is 0.232 e. The van der Waals surface area contributed by atoms with Crippen molar-refractivity contribution in [2.24, 2.45) is 0 Å². The Morgan fingerprint density at radius 2 is 1.91 bits per heavy atom. The van der Waals surface area contributed by atoms with Crippen LogP contribution in [0.15, 0.2) is 54.9 Å². The number of para-hydroxylation sites is 1. The van der Waals surface area contributed by atoms with Crippen molar-refractivity contribution < 1.29 is 4.79 Å². The number of hydrogen-bond donors (Lipinski definition) is 0. The van der Waals surface area contributed by atoms with Gasteiger partial charge >= 0.3 is 0 Å². The lowest BCUT2D eigenvalue weighted by Gasteiger charge is -2.05. The second-order valence-electron chi connectivity index (χ2n) is 4.76. The molecular weight excluding hydrogens is 300 g/mol. The van der Waals surface area contributed by atoms with Gasteiger partial charge < -0.3 is 0 Å². The highest BCUT2D eigenvalue weighted by Crippen LogP contribution is 2.19. The molecule has 0 bridgehead atoms. The second-order valence-corrected chi connectivity index (χ2v) is 5.10. The third kappa shape index (κ3) is 1.95. The minimum Gasteiger partial charge on any atom is -0.285 e. The van der Waals surface area contributed by atoms with Gasteiger partial charge in [-0.25, -0.2) is 4.98 Å². The van der Waals surface area contributed by atoms with E-state index in [1.165, 1.54) is 0 Å². The molecule has 0 aliphatic heterocycles. The maximum absolute atomic E-state index is 12.7. The topological polar surface area (TPSA) is 60.2 Å². The van der Waals surface area contributed by atoms with Gasteiger partial charge in [0.1, 0.15) is 5.65 Å². The Labute approximate surface area is 130 Å². The van der Waals surface area contributed by atoms with E-state index in [1.807, 2.05) is 24.3 Å². The maximum atomic E-state index is 12.7. The highest BCUT2D eigenvalue weighted by Gasteiger charge is 2.18. The molecule has 106 valence electrons. The van der Waals surface area contributed by atoms with Crippen LogP contribution in [0.25, 0.3) is 16.6 Å². The van der Waals surface area contributed by atoms with E-state index in [9.17, 15) is 4.79 Å². The van der Waals surface area contributed by atoms with Crippen molar-refractivity contribution in [1.82, 2.24) is 19.4 Å². The van der Waals surface area contributed by atoms with Gasteiger partial charge in [-0.1, -0.05) is 18.2 Å². The van der Waals surface area contributed by atoms with Crippen molar-refractivity contribution >= 4 is 33.9 Å². The van der Waals surface area contributed by atoms with Crippen LogP contribution in [-0.4, -0.2) is 25.1 Å². The molecule has 5 nitrogen and oxygen atoms in total. The molecule has 0 fully saturated rings. The summed E-state index contributed by atoms with van der Waals surface area (Å²) >= 11 is 6.10. The van der Waals surface area contributed by atoms with Gasteiger partial charge in [0.25, 0.3) is 0 Å². The number of halogens is 1. The normalized spacial score (nSPS) is 11.1. The molecule has 0 saturated heterocycles. The van der Waals surface area contributed by atoms with Crippen LogP contribution < -0.4 is 0 Å². The Kier molecular flexibility index (Phi) is 2.87. The molecule has 0 radical (unpaired) electrons. The predicted octanol–water partition coefficient (Wildman–Crippen LogP) is 3.16. The van der Waals surface area contributed by atoms with Crippen molar-refractivity contribution in [3.8, 4) is 0 Å². The Morgan fingerprint density at radius 3 is 2.82 bits per heavy atom. The number of aromatic nitrogens is 4. The fraction of sp³-hybridized carbons (Fsp3) is 0. The minimum atomic E-state index is -0.296. The number of carbonyl (C=O) groups excluding carboxylic acids is 1. The predicted molar refractivity (Wildman–Crippen MR) is 83.2 cm³/mol. The summed E-state index contributed by atoms with van der Waals surface area (Å²) in [4.78, 5) is 25.4. The van der Waals surface area contributed by atoms with E-state index in [0.717, 1.165) is 5.39 Å². The van der Waals surface area contributed by atoms with Crippen LogP contribution in [0, 0.1) is 0 Å². The van der Waals surface area contributed by atoms with Gasteiger partial charge in [-0.05, 0) is 35.9 Å². The van der Waals surface area contributed by atoms with Gasteiger partial charge in [-0.3, -0.25) is 14.2 Å². The molecule has 0 unspecified atom stereocenters. The largest absolute Gasteiger partial charge is 0.285 e. The monoisotopic (exact) mass is 308 g/mol. The molecule has 0 aliphatic carbocycles. The number of rotatable bonds is 2. The molecule has 0 N–H and O–H groups in total. The van der Waals surface area contributed by atoms with E-state index in [2.05, 4.69) is 15.0 Å². The summed E-state index contributed by atoms with van der Waals surface area (Å²) in [6, 6.07) is 12.7. The van der Waals surface area contributed by atoms with Crippen LogP contribution >= 0.6 is 11.6 Å². The Morgan fingerprint density at radius 1 is 1.05 bits per heavy atom. The molecule has 0 saturated carbocycles. The number of carbonyl (C=O) groups is 1. The van der Waals surface area contributed by atoms with Crippen molar-refractivity contribution in [2.45, 2.75) is 0 Å². The number of fused-ring (bicyclic) bond motifs is 2. The van der Waals surface area contributed by atoms with Crippen LogP contribution in [-0.2, 0) is 0 Å². The van der Waals surface area contributed by atoms with Crippen LogP contribution in [0.3, 0.4) is 0 Å². The Hall–Kier alpha value is -2.79. The smallest absolute Gasteiger partial charge is 0.232 e. The summed E-state index contributed by atoms with van der Waals surface area (Å²) in [6.07, 6.45) is 3.40. The zero-order valence-electron chi connectivity index (χ0n) is 11.3. The van der Waals surface area contributed by atoms with Crippen molar-refractivity contribution in [1.29, 1.82) is 0 Å². The third-order valence-corrected chi connectivity index (χ3v) is 3.69. The average Bonchev–Trinajstić information content (AvgIpc) is 3.03. The third-order valence-electron chi connectivity index (χ3n) is 3.43. The molecule has 1 aromatic carbocycles. The summed E-state index contributed by atoms with van der Waals surface area (Å²) in [7, 11) is 0. The van der Waals surface area contributed by atoms with E-state index in [4.69, 9.17) is 11.6 Å². The van der Waals surface area contributed by atoms with E-state index < -0.39 is 0 Å². The lowest BCUT2D eigenvalue weighted by molar-refractivity contribution is 0.103. The number of nitrogens with zero attached hydrogens (tertiary/aromatic N) is 4. The van der Waals surface area contributed by atoms with E-state index >= 15 is 0 Å². The van der Waals surface area contributed by atoms with Gasteiger partial charge in [0, 0.05) is 17.8 Å². The Bertz CT molecular complexity index is 1020. The number of pyridine rings is 1. The molecule has 6 heteroatoms. The summed E-state index contributed by atoms with van der Waals surface area (Å²) in [5.74, 6) is -0.232. The van der Waals surface area contributed by atoms with E-state index in [-0.39, 0.29) is 16.9 Å². The summed E-state index contributed by atoms with van der Waals surface area (Å²) in [5, 5.41) is 1.09. The molecule has 0 spiro atoms. The van der Waals surface area contributed by atoms with Gasteiger partial charge in [-0.15, -0.1) is 0 Å². The lowest BCUT2D eigenvalue weighted by Crippen LogP contribution is -2.10. The molecule has 0 atom stereocenters. The van der Waals surface area contributed by atoms with Gasteiger partial charge in [-0.2, -0.15) is 4.98 Å². The zero-order chi connectivity index (χ0) is 15.1. The first kappa shape index (κ1) is 12.9. The molecular formula is C16H9ClN4O. The highest BCUT2D eigenvalue weighted by atomic mass is 35.5. The fourth-order valence-corrected chi connectivity index (χ4v) is 2.63.